The molecule has 0 nitrogen and oxygen atoms in total. The van der Waals surface area contributed by atoms with E-state index in [0.717, 1.165) is 5.92 Å². The van der Waals surface area contributed by atoms with Crippen LogP contribution in [0.2, 0.25) is 0 Å². The summed E-state index contributed by atoms with van der Waals surface area (Å²) in [5.41, 5.74) is 5.57. The molecule has 0 saturated carbocycles. The van der Waals surface area contributed by atoms with Gasteiger partial charge in [0.05, 0.1) is 0 Å². The molecule has 0 bridgehead atoms. The Kier molecular flexibility index (Phi) is 5.69. The summed E-state index contributed by atoms with van der Waals surface area (Å²) in [6.45, 7) is 2.29. The lowest BCUT2D eigenvalue weighted by Crippen LogP contribution is -2.05. The van der Waals surface area contributed by atoms with E-state index in [4.69, 9.17) is 0 Å². The Hall–Kier alpha value is -1.82. The first-order valence-electron chi connectivity index (χ1n) is 9.21. The maximum atomic E-state index is 2.50. The van der Waals surface area contributed by atoms with Crippen LogP contribution >= 0.6 is 0 Å². The van der Waals surface area contributed by atoms with E-state index in [1.807, 2.05) is 0 Å². The highest BCUT2D eigenvalue weighted by Gasteiger charge is 2.15. The van der Waals surface area contributed by atoms with Gasteiger partial charge >= 0.3 is 0 Å². The molecule has 3 rings (SSSR count). The quantitative estimate of drug-likeness (QED) is 0.498. The van der Waals surface area contributed by atoms with Crippen LogP contribution in [-0.2, 0) is 0 Å². The summed E-state index contributed by atoms with van der Waals surface area (Å²) in [5, 5.41) is 0. The first-order chi connectivity index (χ1) is 11.4. The van der Waals surface area contributed by atoms with E-state index in [1.54, 1.807) is 5.57 Å². The molecule has 0 amide bonds. The zero-order valence-corrected chi connectivity index (χ0v) is 14.3. The van der Waals surface area contributed by atoms with Crippen molar-refractivity contribution < 1.29 is 0 Å². The molecule has 0 fully saturated rings. The van der Waals surface area contributed by atoms with Crippen molar-refractivity contribution in [3.8, 4) is 11.1 Å². The van der Waals surface area contributed by atoms with Crippen LogP contribution in [0.5, 0.6) is 0 Å². The lowest BCUT2D eigenvalue weighted by molar-refractivity contribution is 0.428. The molecular weight excluding hydrogens is 276 g/mol. The third-order valence-electron chi connectivity index (χ3n) is 5.10. The molecule has 0 saturated heterocycles. The summed E-state index contributed by atoms with van der Waals surface area (Å²) in [4.78, 5) is 0. The molecule has 1 atom stereocenters. The van der Waals surface area contributed by atoms with Gasteiger partial charge < -0.3 is 0 Å². The van der Waals surface area contributed by atoms with Crippen LogP contribution in [0.15, 0.2) is 60.7 Å². The Bertz CT molecular complexity index is 619. The lowest BCUT2D eigenvalue weighted by atomic mass is 9.83. The molecule has 0 aromatic heterocycles. The summed E-state index contributed by atoms with van der Waals surface area (Å²) in [7, 11) is 0. The molecule has 1 aliphatic carbocycles. The number of benzene rings is 2. The van der Waals surface area contributed by atoms with Crippen molar-refractivity contribution in [2.75, 3.05) is 0 Å². The molecular formula is C23H28. The number of hydrogen-bond acceptors (Lipinski definition) is 0. The monoisotopic (exact) mass is 304 g/mol. The minimum Gasteiger partial charge on any atom is -0.0804 e. The van der Waals surface area contributed by atoms with Crippen LogP contribution in [0.1, 0.15) is 57.4 Å². The van der Waals surface area contributed by atoms with Gasteiger partial charge in [-0.1, -0.05) is 93.3 Å². The Labute approximate surface area is 141 Å². The Morgan fingerprint density at radius 2 is 1.52 bits per heavy atom. The number of hydrogen-bond donors (Lipinski definition) is 0. The van der Waals surface area contributed by atoms with Gasteiger partial charge in [-0.15, -0.1) is 0 Å². The van der Waals surface area contributed by atoms with Crippen molar-refractivity contribution in [2.24, 2.45) is 5.92 Å². The van der Waals surface area contributed by atoms with Gasteiger partial charge in [-0.25, -0.2) is 0 Å². The number of rotatable bonds is 6. The second-order valence-corrected chi connectivity index (χ2v) is 6.81. The van der Waals surface area contributed by atoms with Crippen LogP contribution in [-0.4, -0.2) is 0 Å². The van der Waals surface area contributed by atoms with Gasteiger partial charge in [-0.05, 0) is 47.4 Å². The molecule has 23 heavy (non-hydrogen) atoms. The molecule has 0 aliphatic heterocycles. The smallest absolute Gasteiger partial charge is 0.0184 e. The molecule has 1 unspecified atom stereocenters. The van der Waals surface area contributed by atoms with E-state index in [-0.39, 0.29) is 0 Å². The predicted octanol–water partition coefficient (Wildman–Crippen LogP) is 7.12. The normalized spacial score (nSPS) is 17.8. The summed E-state index contributed by atoms with van der Waals surface area (Å²) in [6.07, 6.45) is 12.0. The van der Waals surface area contributed by atoms with E-state index in [1.165, 1.54) is 61.6 Å². The van der Waals surface area contributed by atoms with Crippen molar-refractivity contribution in [2.45, 2.75) is 51.9 Å². The highest BCUT2D eigenvalue weighted by Crippen LogP contribution is 2.33. The zero-order chi connectivity index (χ0) is 15.9. The van der Waals surface area contributed by atoms with Gasteiger partial charge in [0.2, 0.25) is 0 Å². The third-order valence-corrected chi connectivity index (χ3v) is 5.10. The lowest BCUT2D eigenvalue weighted by Gasteiger charge is -2.22. The van der Waals surface area contributed by atoms with Crippen molar-refractivity contribution >= 4 is 5.57 Å². The molecule has 0 heterocycles. The Morgan fingerprint density at radius 3 is 2.17 bits per heavy atom. The SMILES string of the molecule is CCCCCC1CC=C(c2ccc(-c3ccccc3)cc2)CC1. The highest BCUT2D eigenvalue weighted by molar-refractivity contribution is 5.70. The van der Waals surface area contributed by atoms with Gasteiger partial charge in [0, 0.05) is 0 Å². The largest absolute Gasteiger partial charge is 0.0804 e. The van der Waals surface area contributed by atoms with E-state index < -0.39 is 0 Å². The van der Waals surface area contributed by atoms with Gasteiger partial charge in [0.1, 0.15) is 0 Å². The molecule has 0 N–H and O–H groups in total. The fraction of sp³-hybridized carbons (Fsp3) is 0.391. The van der Waals surface area contributed by atoms with Crippen LogP contribution in [0, 0.1) is 5.92 Å². The van der Waals surface area contributed by atoms with Gasteiger partial charge in [-0.2, -0.15) is 0 Å². The summed E-state index contributed by atoms with van der Waals surface area (Å²) in [6, 6.07) is 19.7. The summed E-state index contributed by atoms with van der Waals surface area (Å²) >= 11 is 0. The predicted molar refractivity (Wildman–Crippen MR) is 101 cm³/mol. The molecule has 120 valence electrons. The third kappa shape index (κ3) is 4.34. The van der Waals surface area contributed by atoms with Crippen molar-refractivity contribution in [3.63, 3.8) is 0 Å². The molecule has 0 radical (unpaired) electrons. The van der Waals surface area contributed by atoms with E-state index in [0.29, 0.717) is 0 Å². The standard InChI is InChI=1S/C23H28/c1-2-3-5-8-19-11-13-21(14-12-19)23-17-15-22(16-18-23)20-9-6-4-7-10-20/h4,6-7,9-10,13,15-19H,2-3,5,8,11-12,14H2,1H3. The second kappa shape index (κ2) is 8.15. The van der Waals surface area contributed by atoms with Crippen LogP contribution in [0.25, 0.3) is 16.7 Å². The van der Waals surface area contributed by atoms with E-state index in [2.05, 4.69) is 67.6 Å². The minimum absolute atomic E-state index is 0.925. The van der Waals surface area contributed by atoms with Crippen molar-refractivity contribution in [3.05, 3.63) is 66.2 Å². The van der Waals surface area contributed by atoms with E-state index >= 15 is 0 Å². The molecule has 1 aliphatic rings. The second-order valence-electron chi connectivity index (χ2n) is 6.81. The van der Waals surface area contributed by atoms with Crippen LogP contribution in [0.4, 0.5) is 0 Å². The molecule has 0 heteroatoms. The van der Waals surface area contributed by atoms with Crippen molar-refractivity contribution in [1.82, 2.24) is 0 Å². The number of allylic oxidation sites excluding steroid dienone is 2. The fourth-order valence-corrected chi connectivity index (χ4v) is 3.60. The summed E-state index contributed by atoms with van der Waals surface area (Å²) in [5.74, 6) is 0.925. The van der Waals surface area contributed by atoms with Crippen molar-refractivity contribution in [1.29, 1.82) is 0 Å². The van der Waals surface area contributed by atoms with Gasteiger partial charge in [-0.3, -0.25) is 0 Å². The fourth-order valence-electron chi connectivity index (χ4n) is 3.60. The molecule has 2 aromatic carbocycles. The average molecular weight is 304 g/mol. The van der Waals surface area contributed by atoms with Gasteiger partial charge in [0.25, 0.3) is 0 Å². The summed E-state index contributed by atoms with van der Waals surface area (Å²) < 4.78 is 0. The zero-order valence-electron chi connectivity index (χ0n) is 14.3. The topological polar surface area (TPSA) is 0 Å². The highest BCUT2D eigenvalue weighted by atomic mass is 14.2. The first-order valence-corrected chi connectivity index (χ1v) is 9.21. The first kappa shape index (κ1) is 16.1. The Morgan fingerprint density at radius 1 is 0.826 bits per heavy atom. The van der Waals surface area contributed by atoms with Crippen LogP contribution < -0.4 is 0 Å². The Balaban J connectivity index is 1.62. The van der Waals surface area contributed by atoms with Crippen LogP contribution in [0.3, 0.4) is 0 Å². The average Bonchev–Trinajstić information content (AvgIpc) is 2.63. The minimum atomic E-state index is 0.925. The molecule has 0 spiro atoms. The maximum Gasteiger partial charge on any atom is -0.0184 e. The van der Waals surface area contributed by atoms with E-state index in [9.17, 15) is 0 Å². The van der Waals surface area contributed by atoms with Gasteiger partial charge in [0.15, 0.2) is 0 Å². The number of unbranched alkanes of at least 4 members (excludes halogenated alkanes) is 2. The maximum absolute atomic E-state index is 2.50. The molecule has 2 aromatic rings.